The van der Waals surface area contributed by atoms with Crippen molar-refractivity contribution in [1.29, 1.82) is 0 Å². The molecule has 1 aliphatic rings. The molecule has 1 aliphatic heterocycles. The van der Waals surface area contributed by atoms with Crippen LogP contribution in [0.5, 0.6) is 6.01 Å². The summed E-state index contributed by atoms with van der Waals surface area (Å²) in [5, 5.41) is 5.38. The fraction of sp³-hybridized carbons (Fsp3) is 0.400. The van der Waals surface area contributed by atoms with Gasteiger partial charge in [-0.15, -0.1) is 0 Å². The first-order valence-corrected chi connectivity index (χ1v) is 5.64. The molecule has 2 amide bonds. The van der Waals surface area contributed by atoms with Crippen molar-refractivity contribution < 1.29 is 14.3 Å². The topological polar surface area (TPSA) is 93.2 Å². The maximum absolute atomic E-state index is 11.6. The average Bonchev–Trinajstić information content (AvgIpc) is 2.35. The molecule has 0 bridgehead atoms. The van der Waals surface area contributed by atoms with Crippen molar-refractivity contribution in [3.05, 3.63) is 11.2 Å². The zero-order valence-electron chi connectivity index (χ0n) is 9.57. The van der Waals surface area contributed by atoms with Crippen LogP contribution in [0.2, 0.25) is 5.02 Å². The van der Waals surface area contributed by atoms with Crippen LogP contribution in [-0.4, -0.2) is 34.9 Å². The van der Waals surface area contributed by atoms with E-state index in [9.17, 15) is 9.59 Å². The van der Waals surface area contributed by atoms with E-state index in [0.29, 0.717) is 12.2 Å². The van der Waals surface area contributed by atoms with Crippen LogP contribution in [0.4, 0.5) is 5.82 Å². The predicted octanol–water partition coefficient (Wildman–Crippen LogP) is 0.356. The number of nitrogens with zero attached hydrogens (tertiary/aromatic N) is 2. The number of carbonyl (C=O) groups is 2. The summed E-state index contributed by atoms with van der Waals surface area (Å²) in [6.45, 7) is 0. The van der Waals surface area contributed by atoms with Crippen LogP contribution in [0.1, 0.15) is 12.8 Å². The molecule has 1 saturated heterocycles. The fourth-order valence-electron chi connectivity index (χ4n) is 1.55. The van der Waals surface area contributed by atoms with Crippen molar-refractivity contribution in [3.8, 4) is 6.01 Å². The van der Waals surface area contributed by atoms with Crippen LogP contribution in [0.3, 0.4) is 0 Å². The summed E-state index contributed by atoms with van der Waals surface area (Å²) in [5.41, 5.74) is 0. The Hall–Kier alpha value is -1.89. The van der Waals surface area contributed by atoms with Crippen LogP contribution >= 0.6 is 11.6 Å². The summed E-state index contributed by atoms with van der Waals surface area (Å²) in [7, 11) is 1.43. The Morgan fingerprint density at radius 2 is 2.33 bits per heavy atom. The van der Waals surface area contributed by atoms with E-state index in [1.165, 1.54) is 13.3 Å². The van der Waals surface area contributed by atoms with Gasteiger partial charge in [0.05, 0.1) is 13.3 Å². The molecule has 1 aromatic heterocycles. The highest BCUT2D eigenvalue weighted by molar-refractivity contribution is 6.32. The predicted molar refractivity (Wildman–Crippen MR) is 63.4 cm³/mol. The summed E-state index contributed by atoms with van der Waals surface area (Å²) in [6.07, 6.45) is 2.05. The van der Waals surface area contributed by atoms with E-state index in [0.717, 1.165) is 0 Å². The van der Waals surface area contributed by atoms with Gasteiger partial charge in [0.15, 0.2) is 5.82 Å². The van der Waals surface area contributed by atoms with Crippen LogP contribution in [0.25, 0.3) is 0 Å². The smallest absolute Gasteiger partial charge is 0.318 e. The first-order valence-electron chi connectivity index (χ1n) is 5.27. The minimum absolute atomic E-state index is 0.147. The van der Waals surface area contributed by atoms with Gasteiger partial charge in [-0.2, -0.15) is 4.98 Å². The molecule has 7 nitrogen and oxygen atoms in total. The number of anilines is 1. The Labute approximate surface area is 108 Å². The second kappa shape index (κ2) is 5.18. The SMILES string of the molecule is COc1ncc(Cl)c(NC2CCC(=O)NC2=O)n1. The average molecular weight is 271 g/mol. The number of methoxy groups -OCH3 is 1. The summed E-state index contributed by atoms with van der Waals surface area (Å²) >= 11 is 5.91. The minimum Gasteiger partial charge on any atom is -0.467 e. The third kappa shape index (κ3) is 2.67. The van der Waals surface area contributed by atoms with E-state index in [-0.39, 0.29) is 29.3 Å². The normalized spacial score (nSPS) is 19.3. The number of ether oxygens (including phenoxy) is 1. The van der Waals surface area contributed by atoms with Crippen LogP contribution < -0.4 is 15.4 Å². The molecule has 2 heterocycles. The molecule has 0 spiro atoms. The number of nitrogens with one attached hydrogen (secondary N) is 2. The lowest BCUT2D eigenvalue weighted by molar-refractivity contribution is -0.133. The third-order valence-electron chi connectivity index (χ3n) is 2.45. The Balaban J connectivity index is 2.13. The quantitative estimate of drug-likeness (QED) is 0.770. The lowest BCUT2D eigenvalue weighted by Gasteiger charge is -2.22. The Kier molecular flexibility index (Phi) is 3.61. The van der Waals surface area contributed by atoms with Gasteiger partial charge in [0.25, 0.3) is 0 Å². The van der Waals surface area contributed by atoms with Gasteiger partial charge in [-0.05, 0) is 6.42 Å². The molecule has 96 valence electrons. The standard InChI is InChI=1S/C10H11ClN4O3/c1-18-10-12-4-5(11)8(15-10)13-6-2-3-7(16)14-9(6)17/h4,6H,2-3H2,1H3,(H,12,13,15)(H,14,16,17). The molecule has 1 fully saturated rings. The molecule has 1 aromatic rings. The summed E-state index contributed by atoms with van der Waals surface area (Å²) < 4.78 is 4.87. The zero-order valence-corrected chi connectivity index (χ0v) is 10.3. The van der Waals surface area contributed by atoms with Crippen molar-refractivity contribution in [3.63, 3.8) is 0 Å². The first kappa shape index (κ1) is 12.6. The number of hydrogen-bond donors (Lipinski definition) is 2. The summed E-state index contributed by atoms with van der Waals surface area (Å²) in [4.78, 5) is 30.4. The number of carbonyl (C=O) groups excluding carboxylic acids is 2. The van der Waals surface area contributed by atoms with E-state index in [1.807, 2.05) is 0 Å². The zero-order chi connectivity index (χ0) is 13.1. The number of halogens is 1. The molecule has 0 radical (unpaired) electrons. The van der Waals surface area contributed by atoms with Gasteiger partial charge >= 0.3 is 6.01 Å². The van der Waals surface area contributed by atoms with E-state index in [1.54, 1.807) is 0 Å². The van der Waals surface area contributed by atoms with Crippen molar-refractivity contribution in [2.24, 2.45) is 0 Å². The maximum Gasteiger partial charge on any atom is 0.318 e. The molecule has 1 unspecified atom stereocenters. The molecule has 1 atom stereocenters. The minimum atomic E-state index is -0.542. The number of hydrogen-bond acceptors (Lipinski definition) is 6. The highest BCUT2D eigenvalue weighted by Gasteiger charge is 2.27. The molecular formula is C10H11ClN4O3. The lowest BCUT2D eigenvalue weighted by Crippen LogP contribution is -2.47. The van der Waals surface area contributed by atoms with Gasteiger partial charge in [-0.25, -0.2) is 4.98 Å². The Morgan fingerprint density at radius 1 is 1.56 bits per heavy atom. The van der Waals surface area contributed by atoms with Gasteiger partial charge in [-0.3, -0.25) is 14.9 Å². The fourth-order valence-corrected chi connectivity index (χ4v) is 1.69. The number of piperidine rings is 1. The monoisotopic (exact) mass is 270 g/mol. The highest BCUT2D eigenvalue weighted by Crippen LogP contribution is 2.22. The molecule has 2 N–H and O–H groups in total. The van der Waals surface area contributed by atoms with Gasteiger partial charge in [0, 0.05) is 6.42 Å². The molecular weight excluding hydrogens is 260 g/mol. The molecule has 18 heavy (non-hydrogen) atoms. The van der Waals surface area contributed by atoms with Crippen molar-refractivity contribution in [2.75, 3.05) is 12.4 Å². The van der Waals surface area contributed by atoms with Crippen LogP contribution in [0.15, 0.2) is 6.20 Å². The van der Waals surface area contributed by atoms with Crippen molar-refractivity contribution in [1.82, 2.24) is 15.3 Å². The summed E-state index contributed by atoms with van der Waals surface area (Å²) in [5.74, 6) is -0.359. The van der Waals surface area contributed by atoms with Crippen LogP contribution in [0, 0.1) is 0 Å². The molecule has 0 aromatic carbocycles. The van der Waals surface area contributed by atoms with Crippen molar-refractivity contribution in [2.45, 2.75) is 18.9 Å². The molecule has 0 saturated carbocycles. The maximum atomic E-state index is 11.6. The first-order chi connectivity index (χ1) is 8.60. The largest absolute Gasteiger partial charge is 0.467 e. The number of imide groups is 1. The molecule has 8 heteroatoms. The van der Waals surface area contributed by atoms with Gasteiger partial charge in [-0.1, -0.05) is 11.6 Å². The van der Waals surface area contributed by atoms with E-state index in [2.05, 4.69) is 20.6 Å². The third-order valence-corrected chi connectivity index (χ3v) is 2.73. The highest BCUT2D eigenvalue weighted by atomic mass is 35.5. The number of rotatable bonds is 3. The van der Waals surface area contributed by atoms with Gasteiger partial charge in [0.2, 0.25) is 11.8 Å². The number of aromatic nitrogens is 2. The van der Waals surface area contributed by atoms with Crippen molar-refractivity contribution >= 4 is 29.2 Å². The van der Waals surface area contributed by atoms with Gasteiger partial charge < -0.3 is 10.1 Å². The Morgan fingerprint density at radius 3 is 3.00 bits per heavy atom. The lowest BCUT2D eigenvalue weighted by atomic mass is 10.1. The number of amides is 2. The second-order valence-electron chi connectivity index (χ2n) is 3.70. The molecule has 2 rings (SSSR count). The van der Waals surface area contributed by atoms with E-state index in [4.69, 9.17) is 16.3 Å². The molecule has 0 aliphatic carbocycles. The second-order valence-corrected chi connectivity index (χ2v) is 4.11. The Bertz CT molecular complexity index is 494. The van der Waals surface area contributed by atoms with E-state index < -0.39 is 6.04 Å². The summed E-state index contributed by atoms with van der Waals surface area (Å²) in [6, 6.07) is -0.394. The van der Waals surface area contributed by atoms with Crippen LogP contribution in [-0.2, 0) is 9.59 Å². The van der Waals surface area contributed by atoms with E-state index >= 15 is 0 Å². The van der Waals surface area contributed by atoms with Gasteiger partial charge in [0.1, 0.15) is 11.1 Å².